The summed E-state index contributed by atoms with van der Waals surface area (Å²) >= 11 is 0. The second-order valence-electron chi connectivity index (χ2n) is 8.61. The zero-order valence-corrected chi connectivity index (χ0v) is 13.0. The van der Waals surface area contributed by atoms with E-state index in [9.17, 15) is 15.0 Å². The maximum atomic E-state index is 12.1. The molecular weight excluding hydrogens is 264 g/mol. The molecule has 0 aromatic rings. The molecule has 0 bridgehead atoms. The Morgan fingerprint density at radius 1 is 1.00 bits per heavy atom. The predicted octanol–water partition coefficient (Wildman–Crippen LogP) is 2.54. The third-order valence-corrected chi connectivity index (χ3v) is 7.67. The highest BCUT2D eigenvalue weighted by Crippen LogP contribution is 2.60. The van der Waals surface area contributed by atoms with Crippen molar-refractivity contribution in [2.75, 3.05) is 0 Å². The topological polar surface area (TPSA) is 57.5 Å². The van der Waals surface area contributed by atoms with E-state index >= 15 is 0 Å². The quantitative estimate of drug-likeness (QED) is 0.721. The van der Waals surface area contributed by atoms with Crippen molar-refractivity contribution in [3.8, 4) is 0 Å². The van der Waals surface area contributed by atoms with Gasteiger partial charge in [0, 0.05) is 11.8 Å². The van der Waals surface area contributed by atoms with E-state index in [1.165, 1.54) is 19.3 Å². The molecule has 0 aromatic carbocycles. The van der Waals surface area contributed by atoms with Crippen LogP contribution < -0.4 is 0 Å². The lowest BCUT2D eigenvalue weighted by Gasteiger charge is -2.53. The summed E-state index contributed by atoms with van der Waals surface area (Å²) in [4.78, 5) is 12.1. The second kappa shape index (κ2) is 4.79. The first-order chi connectivity index (χ1) is 9.99. The van der Waals surface area contributed by atoms with Crippen LogP contribution in [0.1, 0.15) is 58.3 Å². The Kier molecular flexibility index (Phi) is 3.24. The Hall–Kier alpha value is -0.410. The Morgan fingerprint density at radius 3 is 2.62 bits per heavy atom. The van der Waals surface area contributed by atoms with Gasteiger partial charge in [0.1, 0.15) is 6.10 Å². The van der Waals surface area contributed by atoms with Crippen molar-refractivity contribution in [2.24, 2.45) is 35.0 Å². The molecule has 8 atom stereocenters. The van der Waals surface area contributed by atoms with Crippen molar-refractivity contribution < 1.29 is 15.0 Å². The molecule has 4 fully saturated rings. The number of carbonyl (C=O) groups excluding carboxylic acids is 1. The van der Waals surface area contributed by atoms with Crippen LogP contribution in [0.5, 0.6) is 0 Å². The van der Waals surface area contributed by atoms with Crippen LogP contribution >= 0.6 is 0 Å². The number of Topliss-reactive ketones (excluding diaryl/α,β-unsaturated/α-hetero) is 1. The van der Waals surface area contributed by atoms with E-state index in [4.69, 9.17) is 0 Å². The van der Waals surface area contributed by atoms with E-state index in [1.807, 2.05) is 0 Å². The van der Waals surface area contributed by atoms with Crippen molar-refractivity contribution in [3.05, 3.63) is 0 Å². The molecular formula is C18H28O3. The fourth-order valence-electron chi connectivity index (χ4n) is 6.42. The number of hydrogen-bond donors (Lipinski definition) is 2. The molecule has 0 heterocycles. The Bertz CT molecular complexity index is 448. The summed E-state index contributed by atoms with van der Waals surface area (Å²) in [7, 11) is 0. The van der Waals surface area contributed by atoms with Crippen LogP contribution in [-0.2, 0) is 4.79 Å². The van der Waals surface area contributed by atoms with Gasteiger partial charge in [-0.3, -0.25) is 4.79 Å². The molecule has 0 spiro atoms. The lowest BCUT2D eigenvalue weighted by molar-refractivity contribution is -0.128. The molecule has 4 saturated carbocycles. The molecule has 0 aliphatic heterocycles. The van der Waals surface area contributed by atoms with Gasteiger partial charge in [-0.1, -0.05) is 6.92 Å². The summed E-state index contributed by atoms with van der Waals surface area (Å²) in [6, 6.07) is 0. The van der Waals surface area contributed by atoms with Crippen LogP contribution in [0.4, 0.5) is 0 Å². The minimum atomic E-state index is -0.714. The van der Waals surface area contributed by atoms with Gasteiger partial charge in [0.2, 0.25) is 0 Å². The summed E-state index contributed by atoms with van der Waals surface area (Å²) in [5.41, 5.74) is -0.154. The first-order valence-electron chi connectivity index (χ1n) is 8.88. The lowest BCUT2D eigenvalue weighted by Crippen LogP contribution is -2.48. The molecule has 0 saturated heterocycles. The Labute approximate surface area is 127 Å². The van der Waals surface area contributed by atoms with Gasteiger partial charge in [-0.2, -0.15) is 0 Å². The molecule has 0 amide bonds. The molecule has 4 rings (SSSR count). The normalized spacial score (nSPS) is 56.5. The van der Waals surface area contributed by atoms with Crippen LogP contribution in [0, 0.1) is 35.0 Å². The van der Waals surface area contributed by atoms with Gasteiger partial charge in [-0.05, 0) is 74.5 Å². The molecule has 0 aromatic heterocycles. The number of hydrogen-bond acceptors (Lipinski definition) is 3. The zero-order valence-electron chi connectivity index (χ0n) is 13.0. The molecule has 4 aliphatic carbocycles. The lowest BCUT2D eigenvalue weighted by atomic mass is 9.52. The van der Waals surface area contributed by atoms with Gasteiger partial charge in [0.05, 0.1) is 6.10 Å². The molecule has 4 aliphatic rings. The predicted molar refractivity (Wildman–Crippen MR) is 79.5 cm³/mol. The van der Waals surface area contributed by atoms with Gasteiger partial charge in [-0.25, -0.2) is 0 Å². The first-order valence-corrected chi connectivity index (χ1v) is 8.88. The molecule has 0 unspecified atom stereocenters. The van der Waals surface area contributed by atoms with Gasteiger partial charge in [0.25, 0.3) is 0 Å². The van der Waals surface area contributed by atoms with Gasteiger partial charge in [0.15, 0.2) is 5.78 Å². The summed E-state index contributed by atoms with van der Waals surface area (Å²) in [5.74, 6) is 3.33. The standard InChI is InChI=1S/C18H28O3/c1-18-5-4-11-6-12-7-13(19)3-2-10(12)8-14(11)15(18)9-16(20)17(18)21/h10-15,17,19,21H,2-9H2,1H3/t10-,11+,12+,13-,14+,15-,17-,18-/m1/s1. The van der Waals surface area contributed by atoms with E-state index < -0.39 is 6.10 Å². The average Bonchev–Trinajstić information content (AvgIpc) is 2.69. The highest BCUT2D eigenvalue weighted by molar-refractivity contribution is 5.86. The highest BCUT2D eigenvalue weighted by Gasteiger charge is 2.58. The van der Waals surface area contributed by atoms with Crippen LogP contribution in [-0.4, -0.2) is 28.2 Å². The molecule has 21 heavy (non-hydrogen) atoms. The first kappa shape index (κ1) is 14.2. The molecule has 0 radical (unpaired) electrons. The number of ketones is 1. The number of carbonyl (C=O) groups is 1. The van der Waals surface area contributed by atoms with Crippen LogP contribution in [0.2, 0.25) is 0 Å². The van der Waals surface area contributed by atoms with Crippen molar-refractivity contribution in [1.82, 2.24) is 0 Å². The van der Waals surface area contributed by atoms with E-state index in [1.54, 1.807) is 0 Å². The van der Waals surface area contributed by atoms with Crippen LogP contribution in [0.3, 0.4) is 0 Å². The highest BCUT2D eigenvalue weighted by atomic mass is 16.3. The third-order valence-electron chi connectivity index (χ3n) is 7.67. The fourth-order valence-corrected chi connectivity index (χ4v) is 6.42. The maximum absolute atomic E-state index is 12.1. The zero-order chi connectivity index (χ0) is 14.8. The van der Waals surface area contributed by atoms with Crippen LogP contribution in [0.25, 0.3) is 0 Å². The number of aliphatic hydroxyl groups is 2. The van der Waals surface area contributed by atoms with Crippen molar-refractivity contribution in [1.29, 1.82) is 0 Å². The second-order valence-corrected chi connectivity index (χ2v) is 8.61. The average molecular weight is 292 g/mol. The van der Waals surface area contributed by atoms with E-state index in [-0.39, 0.29) is 17.3 Å². The third kappa shape index (κ3) is 2.03. The smallest absolute Gasteiger partial charge is 0.162 e. The minimum absolute atomic E-state index is 0.0773. The Balaban J connectivity index is 1.57. The molecule has 2 N–H and O–H groups in total. The van der Waals surface area contributed by atoms with Gasteiger partial charge >= 0.3 is 0 Å². The summed E-state index contributed by atoms with van der Waals surface area (Å²) in [6.07, 6.45) is 7.60. The van der Waals surface area contributed by atoms with Gasteiger partial charge < -0.3 is 10.2 Å². The van der Waals surface area contributed by atoms with E-state index in [0.29, 0.717) is 24.2 Å². The number of aliphatic hydroxyl groups excluding tert-OH is 2. The van der Waals surface area contributed by atoms with E-state index in [2.05, 4.69) is 6.92 Å². The van der Waals surface area contributed by atoms with Gasteiger partial charge in [-0.15, -0.1) is 0 Å². The summed E-state index contributed by atoms with van der Waals surface area (Å²) < 4.78 is 0. The number of fused-ring (bicyclic) bond motifs is 4. The minimum Gasteiger partial charge on any atom is -0.393 e. The SMILES string of the molecule is C[C@@]12CC[C@H]3C[C@H]4C[C@H](O)CC[C@@H]4C[C@@H]3[C@H]1CC(=O)[C@H]2O. The molecule has 3 heteroatoms. The molecule has 3 nitrogen and oxygen atoms in total. The fraction of sp³-hybridized carbons (Fsp3) is 0.944. The van der Waals surface area contributed by atoms with Crippen molar-refractivity contribution in [2.45, 2.75) is 70.5 Å². The van der Waals surface area contributed by atoms with E-state index in [0.717, 1.165) is 37.5 Å². The van der Waals surface area contributed by atoms with Crippen molar-refractivity contribution >= 4 is 5.78 Å². The maximum Gasteiger partial charge on any atom is 0.162 e. The number of rotatable bonds is 0. The van der Waals surface area contributed by atoms with Crippen LogP contribution in [0.15, 0.2) is 0 Å². The van der Waals surface area contributed by atoms with Crippen molar-refractivity contribution in [3.63, 3.8) is 0 Å². The monoisotopic (exact) mass is 292 g/mol. The largest absolute Gasteiger partial charge is 0.393 e. The Morgan fingerprint density at radius 2 is 1.81 bits per heavy atom. The summed E-state index contributed by atoms with van der Waals surface area (Å²) in [5, 5.41) is 20.3. The summed E-state index contributed by atoms with van der Waals surface area (Å²) in [6.45, 7) is 2.15. The molecule has 118 valence electrons.